The summed E-state index contributed by atoms with van der Waals surface area (Å²) in [5.74, 6) is -0.150. The monoisotopic (exact) mass is 280 g/mol. The molecule has 2 amide bonds. The SMILES string of the molecule is CC(C)(C)C(COC(N)=O)NC(=O)CBr. The largest absolute Gasteiger partial charge is 0.448 e. The van der Waals surface area contributed by atoms with E-state index in [-0.39, 0.29) is 29.3 Å². The molecule has 3 N–H and O–H groups in total. The van der Waals surface area contributed by atoms with Crippen LogP contribution in [0, 0.1) is 5.41 Å². The predicted molar refractivity (Wildman–Crippen MR) is 60.7 cm³/mol. The highest BCUT2D eigenvalue weighted by atomic mass is 79.9. The molecule has 0 aromatic carbocycles. The molecule has 0 heterocycles. The van der Waals surface area contributed by atoms with Crippen molar-refractivity contribution in [3.63, 3.8) is 0 Å². The Hall–Kier alpha value is -0.780. The summed E-state index contributed by atoms with van der Waals surface area (Å²) in [4.78, 5) is 21.6. The molecule has 0 aromatic rings. The zero-order chi connectivity index (χ0) is 12.1. The average molecular weight is 281 g/mol. The minimum atomic E-state index is -0.836. The summed E-state index contributed by atoms with van der Waals surface area (Å²) in [5.41, 5.74) is 4.66. The summed E-state index contributed by atoms with van der Waals surface area (Å²) in [6, 6.07) is -0.255. The first-order valence-corrected chi connectivity index (χ1v) is 5.67. The molecule has 88 valence electrons. The van der Waals surface area contributed by atoms with Crippen LogP contribution in [0.25, 0.3) is 0 Å². The van der Waals surface area contributed by atoms with Crippen molar-refractivity contribution in [1.29, 1.82) is 0 Å². The van der Waals surface area contributed by atoms with Crippen molar-refractivity contribution in [2.24, 2.45) is 11.1 Å². The Balaban J connectivity index is 4.32. The van der Waals surface area contributed by atoms with Gasteiger partial charge in [0.1, 0.15) is 6.61 Å². The Labute approximate surface area is 97.9 Å². The molecule has 0 spiro atoms. The normalized spacial score (nSPS) is 13.1. The van der Waals surface area contributed by atoms with Crippen molar-refractivity contribution in [2.45, 2.75) is 26.8 Å². The van der Waals surface area contributed by atoms with Gasteiger partial charge in [-0.15, -0.1) is 0 Å². The van der Waals surface area contributed by atoms with Gasteiger partial charge in [0.2, 0.25) is 5.91 Å². The first-order chi connectivity index (χ1) is 6.77. The number of primary amides is 1. The van der Waals surface area contributed by atoms with Gasteiger partial charge in [-0.1, -0.05) is 36.7 Å². The molecule has 0 saturated heterocycles. The standard InChI is InChI=1S/C9H17BrN2O3/c1-9(2,3)6(5-15-8(11)14)12-7(13)4-10/h6H,4-5H2,1-3H3,(H2,11,14)(H,12,13). The van der Waals surface area contributed by atoms with Crippen LogP contribution in [0.1, 0.15) is 20.8 Å². The van der Waals surface area contributed by atoms with Crippen LogP contribution >= 0.6 is 15.9 Å². The lowest BCUT2D eigenvalue weighted by atomic mass is 9.87. The number of nitrogens with two attached hydrogens (primary N) is 1. The molecule has 0 aromatic heterocycles. The van der Waals surface area contributed by atoms with Crippen LogP contribution in [0.15, 0.2) is 0 Å². The summed E-state index contributed by atoms with van der Waals surface area (Å²) < 4.78 is 4.68. The molecule has 0 aliphatic heterocycles. The number of alkyl halides is 1. The van der Waals surface area contributed by atoms with Crippen molar-refractivity contribution in [3.05, 3.63) is 0 Å². The first kappa shape index (κ1) is 14.2. The van der Waals surface area contributed by atoms with Crippen LogP contribution in [-0.4, -0.2) is 30.0 Å². The highest BCUT2D eigenvalue weighted by Crippen LogP contribution is 2.19. The van der Waals surface area contributed by atoms with E-state index in [1.54, 1.807) is 0 Å². The first-order valence-electron chi connectivity index (χ1n) is 4.55. The molecule has 0 radical (unpaired) electrons. The van der Waals surface area contributed by atoms with Gasteiger partial charge in [-0.2, -0.15) is 0 Å². The predicted octanol–water partition coefficient (Wildman–Crippen LogP) is 1.01. The number of carbonyl (C=O) groups excluding carboxylic acids is 2. The average Bonchev–Trinajstić information content (AvgIpc) is 2.09. The van der Waals surface area contributed by atoms with E-state index in [2.05, 4.69) is 26.0 Å². The molecule has 0 saturated carbocycles. The number of carbonyl (C=O) groups is 2. The van der Waals surface area contributed by atoms with Gasteiger partial charge in [0.25, 0.3) is 0 Å². The third-order valence-electron chi connectivity index (χ3n) is 1.89. The summed E-state index contributed by atoms with van der Waals surface area (Å²) >= 11 is 3.05. The van der Waals surface area contributed by atoms with E-state index in [0.717, 1.165) is 0 Å². The smallest absolute Gasteiger partial charge is 0.404 e. The van der Waals surface area contributed by atoms with E-state index >= 15 is 0 Å². The molecule has 0 fully saturated rings. The number of amides is 2. The van der Waals surface area contributed by atoms with E-state index in [1.807, 2.05) is 20.8 Å². The molecule has 0 aliphatic carbocycles. The quantitative estimate of drug-likeness (QED) is 0.754. The second-order valence-electron chi connectivity index (χ2n) is 4.25. The Morgan fingerprint density at radius 2 is 2.00 bits per heavy atom. The van der Waals surface area contributed by atoms with E-state index in [0.29, 0.717) is 0 Å². The fourth-order valence-electron chi connectivity index (χ4n) is 0.907. The van der Waals surface area contributed by atoms with Crippen LogP contribution in [0.3, 0.4) is 0 Å². The van der Waals surface area contributed by atoms with Gasteiger partial charge in [-0.05, 0) is 5.41 Å². The lowest BCUT2D eigenvalue weighted by Crippen LogP contribution is -2.47. The van der Waals surface area contributed by atoms with Gasteiger partial charge in [0, 0.05) is 0 Å². The Morgan fingerprint density at radius 1 is 1.47 bits per heavy atom. The number of nitrogens with one attached hydrogen (secondary N) is 1. The highest BCUT2D eigenvalue weighted by Gasteiger charge is 2.27. The Bertz CT molecular complexity index is 238. The fourth-order valence-corrected chi connectivity index (χ4v) is 1.07. The third kappa shape index (κ3) is 6.33. The van der Waals surface area contributed by atoms with Gasteiger partial charge in [-0.25, -0.2) is 4.79 Å². The fraction of sp³-hybridized carbons (Fsp3) is 0.778. The minimum Gasteiger partial charge on any atom is -0.448 e. The highest BCUT2D eigenvalue weighted by molar-refractivity contribution is 9.09. The van der Waals surface area contributed by atoms with E-state index in [1.165, 1.54) is 0 Å². The van der Waals surface area contributed by atoms with E-state index in [4.69, 9.17) is 5.73 Å². The van der Waals surface area contributed by atoms with Crippen LogP contribution in [0.4, 0.5) is 4.79 Å². The molecule has 1 unspecified atom stereocenters. The molecule has 0 bridgehead atoms. The van der Waals surface area contributed by atoms with Crippen LogP contribution in [0.2, 0.25) is 0 Å². The van der Waals surface area contributed by atoms with E-state index < -0.39 is 6.09 Å². The molecule has 5 nitrogen and oxygen atoms in total. The van der Waals surface area contributed by atoms with Gasteiger partial charge in [-0.3, -0.25) is 4.79 Å². The zero-order valence-corrected chi connectivity index (χ0v) is 10.8. The Kier molecular flexibility index (Phi) is 5.64. The molecule has 0 rings (SSSR count). The van der Waals surface area contributed by atoms with Crippen LogP contribution in [0.5, 0.6) is 0 Å². The summed E-state index contributed by atoms with van der Waals surface area (Å²) in [6.07, 6.45) is -0.836. The van der Waals surface area contributed by atoms with Crippen molar-refractivity contribution >= 4 is 27.9 Å². The number of hydrogen-bond acceptors (Lipinski definition) is 3. The number of rotatable bonds is 4. The van der Waals surface area contributed by atoms with Crippen molar-refractivity contribution < 1.29 is 14.3 Å². The molecule has 0 aliphatic rings. The maximum absolute atomic E-state index is 11.2. The van der Waals surface area contributed by atoms with Gasteiger partial charge >= 0.3 is 6.09 Å². The van der Waals surface area contributed by atoms with Gasteiger partial charge < -0.3 is 15.8 Å². The minimum absolute atomic E-state index is 0.0809. The third-order valence-corrected chi connectivity index (χ3v) is 2.40. The number of ether oxygens (including phenoxy) is 1. The van der Waals surface area contributed by atoms with Crippen molar-refractivity contribution in [3.8, 4) is 0 Å². The maximum Gasteiger partial charge on any atom is 0.404 e. The van der Waals surface area contributed by atoms with Gasteiger partial charge in [0.05, 0.1) is 11.4 Å². The van der Waals surface area contributed by atoms with E-state index in [9.17, 15) is 9.59 Å². The summed E-state index contributed by atoms with van der Waals surface area (Å²) in [6.45, 7) is 5.90. The number of hydrogen-bond donors (Lipinski definition) is 2. The van der Waals surface area contributed by atoms with Gasteiger partial charge in [0.15, 0.2) is 0 Å². The van der Waals surface area contributed by atoms with Crippen LogP contribution < -0.4 is 11.1 Å². The van der Waals surface area contributed by atoms with Crippen molar-refractivity contribution in [2.75, 3.05) is 11.9 Å². The molecular weight excluding hydrogens is 264 g/mol. The molecular formula is C9H17BrN2O3. The molecule has 15 heavy (non-hydrogen) atoms. The maximum atomic E-state index is 11.2. The molecule has 6 heteroatoms. The summed E-state index contributed by atoms with van der Waals surface area (Å²) in [5, 5.41) is 2.96. The summed E-state index contributed by atoms with van der Waals surface area (Å²) in [7, 11) is 0. The Morgan fingerprint density at radius 3 is 2.33 bits per heavy atom. The topological polar surface area (TPSA) is 81.4 Å². The second-order valence-corrected chi connectivity index (χ2v) is 4.81. The zero-order valence-electron chi connectivity index (χ0n) is 9.17. The lowest BCUT2D eigenvalue weighted by molar-refractivity contribution is -0.120. The molecule has 1 atom stereocenters. The number of halogens is 1. The lowest BCUT2D eigenvalue weighted by Gasteiger charge is -2.30. The second kappa shape index (κ2) is 5.95. The van der Waals surface area contributed by atoms with Crippen LogP contribution in [-0.2, 0) is 9.53 Å². The van der Waals surface area contributed by atoms with Crippen molar-refractivity contribution in [1.82, 2.24) is 5.32 Å².